The molecule has 0 spiro atoms. The third-order valence-corrected chi connectivity index (χ3v) is 19.0. The molecular formula is C37H60O7Si2. The Kier molecular flexibility index (Phi) is 13.2. The van der Waals surface area contributed by atoms with Crippen LogP contribution in [0.3, 0.4) is 0 Å². The van der Waals surface area contributed by atoms with Crippen LogP contribution in [-0.4, -0.2) is 78.6 Å². The number of aliphatic hydroxyl groups excluding tert-OH is 1. The van der Waals surface area contributed by atoms with Crippen LogP contribution in [0.25, 0.3) is 0 Å². The van der Waals surface area contributed by atoms with Gasteiger partial charge in [-0.3, -0.25) is 0 Å². The van der Waals surface area contributed by atoms with Crippen LogP contribution in [0.1, 0.15) is 68.7 Å². The summed E-state index contributed by atoms with van der Waals surface area (Å²) in [4.78, 5) is 0. The van der Waals surface area contributed by atoms with E-state index in [9.17, 15) is 5.11 Å². The molecule has 0 bridgehead atoms. The highest BCUT2D eigenvalue weighted by Gasteiger charge is 2.52. The lowest BCUT2D eigenvalue weighted by molar-refractivity contribution is -0.153. The van der Waals surface area contributed by atoms with Crippen molar-refractivity contribution in [3.8, 4) is 0 Å². The van der Waals surface area contributed by atoms with Crippen molar-refractivity contribution in [3.63, 3.8) is 0 Å². The molecule has 2 aromatic rings. The van der Waals surface area contributed by atoms with Gasteiger partial charge in [-0.2, -0.15) is 0 Å². The molecule has 0 amide bonds. The molecule has 0 radical (unpaired) electrons. The second kappa shape index (κ2) is 15.7. The summed E-state index contributed by atoms with van der Waals surface area (Å²) in [6, 6.07) is 21.1. The zero-order chi connectivity index (χ0) is 34.4. The molecule has 5 atom stereocenters. The fraction of sp³-hybridized carbons (Fsp3) is 0.622. The summed E-state index contributed by atoms with van der Waals surface area (Å²) in [6.45, 7) is 24.4. The number of ether oxygens (including phenoxy) is 4. The predicted octanol–water partition coefficient (Wildman–Crippen LogP) is 6.79. The summed E-state index contributed by atoms with van der Waals surface area (Å²) >= 11 is 0. The summed E-state index contributed by atoms with van der Waals surface area (Å²) in [6.07, 6.45) is 1.61. The standard InChI is InChI=1S/C37H60O7Si2/c1-28(44-46(36(5,6)7,29-19-15-13-16-20-29)30-21-17-14-18-22-30)32(40-27-39-10)24-23-31(38)34-33(42-37(8,9)43-34)25-26-41-45(11,12)35(2,3)4/h13-24,28,31-34,38H,25-27H2,1-12H3/t28-,31?,32+,33-,34+/m0/s1. The van der Waals surface area contributed by atoms with Crippen LogP contribution in [0.15, 0.2) is 72.8 Å². The average molecular weight is 673 g/mol. The van der Waals surface area contributed by atoms with E-state index in [1.165, 1.54) is 10.4 Å². The van der Waals surface area contributed by atoms with Gasteiger partial charge in [-0.15, -0.1) is 0 Å². The maximum atomic E-state index is 11.5. The van der Waals surface area contributed by atoms with Crippen LogP contribution in [0.5, 0.6) is 0 Å². The first-order chi connectivity index (χ1) is 21.3. The van der Waals surface area contributed by atoms with E-state index < -0.39 is 40.7 Å². The topological polar surface area (TPSA) is 75.6 Å². The molecule has 7 nitrogen and oxygen atoms in total. The molecule has 3 rings (SSSR count). The largest absolute Gasteiger partial charge is 0.417 e. The van der Waals surface area contributed by atoms with Crippen LogP contribution >= 0.6 is 0 Å². The highest BCUT2D eigenvalue weighted by atomic mass is 28.4. The number of hydrogen-bond acceptors (Lipinski definition) is 7. The highest BCUT2D eigenvalue weighted by Crippen LogP contribution is 2.39. The van der Waals surface area contributed by atoms with E-state index in [2.05, 4.69) is 103 Å². The smallest absolute Gasteiger partial charge is 0.261 e. The van der Waals surface area contributed by atoms with Crippen LogP contribution in [0, 0.1) is 0 Å². The van der Waals surface area contributed by atoms with Gasteiger partial charge in [0.2, 0.25) is 0 Å². The summed E-state index contributed by atoms with van der Waals surface area (Å²) in [7, 11) is -3.15. The normalized spacial score (nSPS) is 21.4. The van der Waals surface area contributed by atoms with E-state index in [1.54, 1.807) is 13.2 Å². The SMILES string of the molecule is COCO[C@H](C=CC(O)[C@H]1OC(C)(C)O[C@H]1CCO[Si](C)(C)C(C)(C)C)[C@H](C)O[Si](c1ccccc1)(c1ccccc1)C(C)(C)C. The van der Waals surface area contributed by atoms with Crippen molar-refractivity contribution in [1.82, 2.24) is 0 Å². The van der Waals surface area contributed by atoms with E-state index in [-0.39, 0.29) is 29.1 Å². The lowest BCUT2D eigenvalue weighted by Gasteiger charge is -2.45. The highest BCUT2D eigenvalue weighted by molar-refractivity contribution is 6.99. The van der Waals surface area contributed by atoms with Crippen LogP contribution in [0.4, 0.5) is 0 Å². The number of hydrogen-bond donors (Lipinski definition) is 1. The molecule has 46 heavy (non-hydrogen) atoms. The van der Waals surface area contributed by atoms with Gasteiger partial charge in [-0.1, -0.05) is 114 Å². The first-order valence-electron chi connectivity index (χ1n) is 16.6. The van der Waals surface area contributed by atoms with Crippen molar-refractivity contribution in [2.24, 2.45) is 0 Å². The fourth-order valence-corrected chi connectivity index (χ4v) is 11.7. The molecule has 0 aliphatic carbocycles. The lowest BCUT2D eigenvalue weighted by Crippen LogP contribution is -2.68. The first-order valence-corrected chi connectivity index (χ1v) is 21.4. The Bertz CT molecular complexity index is 1180. The minimum Gasteiger partial charge on any atom is -0.417 e. The molecular weight excluding hydrogens is 613 g/mol. The third kappa shape index (κ3) is 9.48. The Morgan fingerprint density at radius 1 is 0.870 bits per heavy atom. The Morgan fingerprint density at radius 2 is 1.41 bits per heavy atom. The van der Waals surface area contributed by atoms with E-state index in [4.69, 9.17) is 27.8 Å². The minimum absolute atomic E-state index is 0.0863. The Labute approximate surface area is 280 Å². The molecule has 1 aliphatic heterocycles. The van der Waals surface area contributed by atoms with Crippen molar-refractivity contribution in [3.05, 3.63) is 72.8 Å². The lowest BCUT2D eigenvalue weighted by atomic mass is 10.0. The second-order valence-corrected chi connectivity index (χ2v) is 24.5. The number of rotatable bonds is 15. The van der Waals surface area contributed by atoms with Gasteiger partial charge in [0.05, 0.1) is 12.2 Å². The quantitative estimate of drug-likeness (QED) is 0.127. The molecule has 1 N–H and O–H groups in total. The number of methoxy groups -OCH3 is 1. The monoisotopic (exact) mass is 672 g/mol. The summed E-state index contributed by atoms with van der Waals surface area (Å²) in [5, 5.41) is 13.8. The molecule has 1 fully saturated rings. The predicted molar refractivity (Wildman–Crippen MR) is 192 cm³/mol. The van der Waals surface area contributed by atoms with Crippen LogP contribution in [0.2, 0.25) is 23.2 Å². The molecule has 1 saturated heterocycles. The maximum absolute atomic E-state index is 11.5. The van der Waals surface area contributed by atoms with Crippen molar-refractivity contribution < 1.29 is 32.9 Å². The molecule has 9 heteroatoms. The molecule has 0 saturated carbocycles. The zero-order valence-corrected chi connectivity index (χ0v) is 32.3. The minimum atomic E-state index is -2.84. The Hall–Kier alpha value is -1.67. The van der Waals surface area contributed by atoms with Gasteiger partial charge in [0, 0.05) is 13.7 Å². The van der Waals surface area contributed by atoms with Gasteiger partial charge in [0.1, 0.15) is 25.1 Å². The van der Waals surface area contributed by atoms with Gasteiger partial charge >= 0.3 is 0 Å². The van der Waals surface area contributed by atoms with Crippen molar-refractivity contribution in [2.75, 3.05) is 20.5 Å². The van der Waals surface area contributed by atoms with Crippen molar-refractivity contribution in [2.45, 2.75) is 128 Å². The first kappa shape index (κ1) is 38.8. The average Bonchev–Trinajstić information content (AvgIpc) is 3.29. The summed E-state index contributed by atoms with van der Waals surface area (Å²) < 4.78 is 37.7. The Balaban J connectivity index is 1.87. The molecule has 0 aromatic heterocycles. The molecule has 2 aromatic carbocycles. The number of aliphatic hydroxyl groups is 1. The number of benzene rings is 2. The van der Waals surface area contributed by atoms with E-state index in [0.717, 1.165) is 0 Å². The fourth-order valence-electron chi connectivity index (χ4n) is 5.89. The van der Waals surface area contributed by atoms with E-state index >= 15 is 0 Å². The Morgan fingerprint density at radius 3 is 1.89 bits per heavy atom. The van der Waals surface area contributed by atoms with Crippen LogP contribution < -0.4 is 10.4 Å². The van der Waals surface area contributed by atoms with Crippen molar-refractivity contribution >= 4 is 27.0 Å². The van der Waals surface area contributed by atoms with Gasteiger partial charge in [0.15, 0.2) is 14.1 Å². The third-order valence-electron chi connectivity index (χ3n) is 9.35. The van der Waals surface area contributed by atoms with E-state index in [1.807, 2.05) is 39.0 Å². The summed E-state index contributed by atoms with van der Waals surface area (Å²) in [5.41, 5.74) is 0. The zero-order valence-electron chi connectivity index (χ0n) is 30.3. The van der Waals surface area contributed by atoms with Crippen LogP contribution in [-0.2, 0) is 27.8 Å². The van der Waals surface area contributed by atoms with Crippen molar-refractivity contribution in [1.29, 1.82) is 0 Å². The molecule has 258 valence electrons. The summed E-state index contributed by atoms with van der Waals surface area (Å²) in [5.74, 6) is -0.813. The second-order valence-electron chi connectivity index (χ2n) is 15.4. The van der Waals surface area contributed by atoms with E-state index in [0.29, 0.717) is 13.0 Å². The molecule has 1 aliphatic rings. The van der Waals surface area contributed by atoms with Gasteiger partial charge in [-0.05, 0) is 60.7 Å². The van der Waals surface area contributed by atoms with Gasteiger partial charge in [0.25, 0.3) is 8.32 Å². The molecule has 1 unspecified atom stereocenters. The maximum Gasteiger partial charge on any atom is 0.261 e. The molecule has 1 heterocycles. The van der Waals surface area contributed by atoms with Gasteiger partial charge in [-0.25, -0.2) is 0 Å². The van der Waals surface area contributed by atoms with Gasteiger partial charge < -0.3 is 32.9 Å².